The Kier molecular flexibility index (Phi) is 6.85. The molecular formula is C25H27N3O3S. The van der Waals surface area contributed by atoms with Crippen molar-refractivity contribution in [1.82, 2.24) is 9.88 Å². The first-order chi connectivity index (χ1) is 15.5. The summed E-state index contributed by atoms with van der Waals surface area (Å²) in [4.78, 5) is 31.8. The van der Waals surface area contributed by atoms with E-state index in [1.807, 2.05) is 66.6 Å². The lowest BCUT2D eigenvalue weighted by atomic mass is 10.1. The zero-order valence-corrected chi connectivity index (χ0v) is 19.2. The number of nitrogens with one attached hydrogen (secondary N) is 1. The summed E-state index contributed by atoms with van der Waals surface area (Å²) in [5, 5.41) is 5.65. The molecule has 0 atom stereocenters. The highest BCUT2D eigenvalue weighted by molar-refractivity contribution is 7.09. The molecule has 3 aromatic rings. The Morgan fingerprint density at radius 1 is 1.09 bits per heavy atom. The number of anilines is 1. The highest BCUT2D eigenvalue weighted by Gasteiger charge is 2.22. The summed E-state index contributed by atoms with van der Waals surface area (Å²) in [6.45, 7) is 5.88. The van der Waals surface area contributed by atoms with Crippen LogP contribution in [-0.2, 0) is 17.8 Å². The largest absolute Gasteiger partial charge is 0.486 e. The van der Waals surface area contributed by atoms with Gasteiger partial charge in [-0.3, -0.25) is 9.59 Å². The topological polar surface area (TPSA) is 71.5 Å². The molecule has 2 heterocycles. The lowest BCUT2D eigenvalue weighted by molar-refractivity contribution is -0.115. The molecule has 0 saturated carbocycles. The Bertz CT molecular complexity index is 1100. The number of carbonyl (C=O) groups is 2. The molecule has 1 N–H and O–H groups in total. The first kappa shape index (κ1) is 22.0. The standard InChI is InChI=1S/C25H27N3O3S/c1-17-8-10-20(11-9-17)31-15-24-26-19(16-32-24)14-23(29)27-22-7-5-6-21(18(22)2)25(30)28-12-3-4-13-28/h5-11,16H,3-4,12-15H2,1-2H3,(H,27,29). The maximum atomic E-state index is 12.8. The Balaban J connectivity index is 1.34. The zero-order valence-electron chi connectivity index (χ0n) is 18.4. The maximum Gasteiger partial charge on any atom is 0.254 e. The van der Waals surface area contributed by atoms with E-state index >= 15 is 0 Å². The third-order valence-electron chi connectivity index (χ3n) is 5.56. The van der Waals surface area contributed by atoms with Gasteiger partial charge in [-0.25, -0.2) is 4.98 Å². The molecule has 1 aromatic heterocycles. The number of rotatable bonds is 7. The number of aryl methyl sites for hydroxylation is 1. The lowest BCUT2D eigenvalue weighted by Gasteiger charge is -2.18. The Morgan fingerprint density at radius 3 is 2.59 bits per heavy atom. The second-order valence-electron chi connectivity index (χ2n) is 8.04. The molecule has 1 saturated heterocycles. The quantitative estimate of drug-likeness (QED) is 0.565. The van der Waals surface area contributed by atoms with E-state index in [9.17, 15) is 9.59 Å². The van der Waals surface area contributed by atoms with Gasteiger partial charge < -0.3 is 15.0 Å². The molecule has 7 heteroatoms. The fourth-order valence-electron chi connectivity index (χ4n) is 3.73. The molecule has 32 heavy (non-hydrogen) atoms. The summed E-state index contributed by atoms with van der Waals surface area (Å²) < 4.78 is 5.77. The molecule has 2 aromatic carbocycles. The summed E-state index contributed by atoms with van der Waals surface area (Å²) in [5.41, 5.74) is 3.99. The van der Waals surface area contributed by atoms with Crippen molar-refractivity contribution in [2.45, 2.75) is 39.7 Å². The number of ether oxygens (including phenoxy) is 1. The Morgan fingerprint density at radius 2 is 1.84 bits per heavy atom. The van der Waals surface area contributed by atoms with Crippen molar-refractivity contribution in [3.8, 4) is 5.75 Å². The minimum Gasteiger partial charge on any atom is -0.486 e. The first-order valence-corrected chi connectivity index (χ1v) is 11.7. The molecule has 0 aliphatic carbocycles. The fourth-order valence-corrected chi connectivity index (χ4v) is 4.43. The first-order valence-electron chi connectivity index (χ1n) is 10.8. The molecule has 0 bridgehead atoms. The van der Waals surface area contributed by atoms with E-state index in [2.05, 4.69) is 10.3 Å². The molecule has 1 aliphatic heterocycles. The molecule has 1 fully saturated rings. The van der Waals surface area contributed by atoms with E-state index < -0.39 is 0 Å². The van der Waals surface area contributed by atoms with Gasteiger partial charge in [0.05, 0.1) is 12.1 Å². The van der Waals surface area contributed by atoms with Gasteiger partial charge in [0.2, 0.25) is 5.91 Å². The monoisotopic (exact) mass is 449 g/mol. The Hall–Kier alpha value is -3.19. The van der Waals surface area contributed by atoms with Crippen molar-refractivity contribution < 1.29 is 14.3 Å². The minimum atomic E-state index is -0.157. The van der Waals surface area contributed by atoms with E-state index in [0.29, 0.717) is 23.6 Å². The third kappa shape index (κ3) is 5.34. The summed E-state index contributed by atoms with van der Waals surface area (Å²) in [6, 6.07) is 13.3. The Labute approximate surface area is 192 Å². The number of aromatic nitrogens is 1. The molecule has 0 spiro atoms. The van der Waals surface area contributed by atoms with Crippen molar-refractivity contribution in [3.63, 3.8) is 0 Å². The maximum absolute atomic E-state index is 12.8. The smallest absolute Gasteiger partial charge is 0.254 e. The number of carbonyl (C=O) groups excluding carboxylic acids is 2. The molecular weight excluding hydrogens is 422 g/mol. The van der Waals surface area contributed by atoms with E-state index in [0.717, 1.165) is 42.3 Å². The van der Waals surface area contributed by atoms with E-state index in [-0.39, 0.29) is 18.2 Å². The molecule has 1 aliphatic rings. The van der Waals surface area contributed by atoms with Crippen LogP contribution < -0.4 is 10.1 Å². The van der Waals surface area contributed by atoms with Crippen LogP contribution in [0.25, 0.3) is 0 Å². The lowest BCUT2D eigenvalue weighted by Crippen LogP contribution is -2.28. The molecule has 2 amide bonds. The van der Waals surface area contributed by atoms with Gasteiger partial charge in [-0.1, -0.05) is 23.8 Å². The molecule has 4 rings (SSSR count). The minimum absolute atomic E-state index is 0.0359. The second-order valence-corrected chi connectivity index (χ2v) is 8.98. The van der Waals surface area contributed by atoms with Crippen molar-refractivity contribution >= 4 is 28.8 Å². The molecule has 166 valence electrons. The van der Waals surface area contributed by atoms with Crippen LogP contribution in [0.15, 0.2) is 47.8 Å². The number of amides is 2. The summed E-state index contributed by atoms with van der Waals surface area (Å²) in [6.07, 6.45) is 2.27. The van der Waals surface area contributed by atoms with Crippen LogP contribution in [0.2, 0.25) is 0 Å². The normalized spacial score (nSPS) is 13.2. The van der Waals surface area contributed by atoms with Crippen LogP contribution in [0.5, 0.6) is 5.75 Å². The van der Waals surface area contributed by atoms with E-state index in [1.165, 1.54) is 16.9 Å². The van der Waals surface area contributed by atoms with Crippen molar-refractivity contribution in [1.29, 1.82) is 0 Å². The number of benzene rings is 2. The van der Waals surface area contributed by atoms with Crippen LogP contribution in [0.4, 0.5) is 5.69 Å². The fraction of sp³-hybridized carbons (Fsp3) is 0.320. The predicted octanol–water partition coefficient (Wildman–Crippen LogP) is 4.76. The van der Waals surface area contributed by atoms with Crippen LogP contribution in [0.1, 0.15) is 45.0 Å². The number of hydrogen-bond donors (Lipinski definition) is 1. The number of nitrogens with zero attached hydrogens (tertiary/aromatic N) is 2. The van der Waals surface area contributed by atoms with Crippen molar-refractivity contribution in [3.05, 3.63) is 75.2 Å². The second kappa shape index (κ2) is 9.96. The summed E-state index contributed by atoms with van der Waals surface area (Å²) in [5.74, 6) is 0.674. The van der Waals surface area contributed by atoms with Gasteiger partial charge in [-0.15, -0.1) is 11.3 Å². The highest BCUT2D eigenvalue weighted by Crippen LogP contribution is 2.23. The van der Waals surface area contributed by atoms with Crippen LogP contribution in [0.3, 0.4) is 0 Å². The zero-order chi connectivity index (χ0) is 22.5. The molecule has 0 radical (unpaired) electrons. The van der Waals surface area contributed by atoms with Gasteiger partial charge in [-0.05, 0) is 56.5 Å². The molecule has 0 unspecified atom stereocenters. The van der Waals surface area contributed by atoms with Crippen LogP contribution in [-0.4, -0.2) is 34.8 Å². The average molecular weight is 450 g/mol. The number of hydrogen-bond acceptors (Lipinski definition) is 5. The van der Waals surface area contributed by atoms with Crippen LogP contribution >= 0.6 is 11.3 Å². The van der Waals surface area contributed by atoms with Crippen molar-refractivity contribution in [2.24, 2.45) is 0 Å². The predicted molar refractivity (Wildman–Crippen MR) is 126 cm³/mol. The number of thiazole rings is 1. The summed E-state index contributed by atoms with van der Waals surface area (Å²) in [7, 11) is 0. The van der Waals surface area contributed by atoms with Gasteiger partial charge in [0.1, 0.15) is 17.4 Å². The average Bonchev–Trinajstić information content (AvgIpc) is 3.47. The van der Waals surface area contributed by atoms with E-state index in [1.54, 1.807) is 0 Å². The van der Waals surface area contributed by atoms with Gasteiger partial charge >= 0.3 is 0 Å². The van der Waals surface area contributed by atoms with Gasteiger partial charge in [0.25, 0.3) is 5.91 Å². The summed E-state index contributed by atoms with van der Waals surface area (Å²) >= 11 is 1.48. The molecule has 6 nitrogen and oxygen atoms in total. The van der Waals surface area contributed by atoms with Gasteiger partial charge in [0, 0.05) is 29.7 Å². The van der Waals surface area contributed by atoms with Crippen molar-refractivity contribution in [2.75, 3.05) is 18.4 Å². The highest BCUT2D eigenvalue weighted by atomic mass is 32.1. The SMILES string of the molecule is Cc1ccc(OCc2nc(CC(=O)Nc3cccc(C(=O)N4CCCC4)c3C)cs2)cc1. The van der Waals surface area contributed by atoms with Gasteiger partial charge in [-0.2, -0.15) is 0 Å². The van der Waals surface area contributed by atoms with Crippen LogP contribution in [0, 0.1) is 13.8 Å². The van der Waals surface area contributed by atoms with E-state index in [4.69, 9.17) is 4.74 Å². The third-order valence-corrected chi connectivity index (χ3v) is 6.43. The number of likely N-dealkylation sites (tertiary alicyclic amines) is 1. The van der Waals surface area contributed by atoms with Gasteiger partial charge in [0.15, 0.2) is 0 Å².